The summed E-state index contributed by atoms with van der Waals surface area (Å²) in [5.41, 5.74) is -2.28. The Kier molecular flexibility index (Phi) is 2.53. The Morgan fingerprint density at radius 3 is 2.54 bits per heavy atom. The molecule has 0 aliphatic carbocycles. The van der Waals surface area contributed by atoms with Crippen molar-refractivity contribution in [3.05, 3.63) is 0 Å². The maximum atomic E-state index is 13.1. The van der Waals surface area contributed by atoms with E-state index in [2.05, 4.69) is 10.1 Å². The first kappa shape index (κ1) is 10.3. The first-order chi connectivity index (χ1) is 5.94. The third kappa shape index (κ3) is 1.51. The molecule has 76 valence electrons. The van der Waals surface area contributed by atoms with E-state index < -0.39 is 17.5 Å². The summed E-state index contributed by atoms with van der Waals surface area (Å²) >= 11 is 0. The minimum Gasteiger partial charge on any atom is -0.461 e. The van der Waals surface area contributed by atoms with Crippen LogP contribution >= 0.6 is 0 Å². The van der Waals surface area contributed by atoms with Gasteiger partial charge >= 0.3 is 11.9 Å². The van der Waals surface area contributed by atoms with E-state index in [9.17, 15) is 18.7 Å². The van der Waals surface area contributed by atoms with Crippen molar-refractivity contribution >= 4 is 5.97 Å². The predicted octanol–water partition coefficient (Wildman–Crippen LogP) is -0.481. The number of β-amino-alcohol motifs (C(OH)–C–C–N with tert-alkyl or cyclic N) is 1. The highest BCUT2D eigenvalue weighted by Gasteiger charge is 2.62. The lowest BCUT2D eigenvalue weighted by molar-refractivity contribution is -0.224. The molecule has 2 N–H and O–H groups in total. The van der Waals surface area contributed by atoms with Crippen LogP contribution in [0.2, 0.25) is 0 Å². The lowest BCUT2D eigenvalue weighted by atomic mass is 9.89. The van der Waals surface area contributed by atoms with Crippen molar-refractivity contribution in [2.24, 2.45) is 0 Å². The molecule has 1 aliphatic rings. The third-order valence-electron chi connectivity index (χ3n) is 1.95. The average molecular weight is 195 g/mol. The van der Waals surface area contributed by atoms with E-state index in [0.29, 0.717) is 0 Å². The van der Waals surface area contributed by atoms with Gasteiger partial charge in [-0.2, -0.15) is 8.78 Å². The SMILES string of the molecule is CCOC(=O)C(F)(F)C1(O)CNC1. The fraction of sp³-hybridized carbons (Fsp3) is 0.857. The Bertz CT molecular complexity index is 216. The smallest absolute Gasteiger partial charge is 0.380 e. The fourth-order valence-corrected chi connectivity index (χ4v) is 0.996. The van der Waals surface area contributed by atoms with Crippen molar-refractivity contribution in [1.82, 2.24) is 5.32 Å². The lowest BCUT2D eigenvalue weighted by Gasteiger charge is -2.41. The van der Waals surface area contributed by atoms with Gasteiger partial charge in [-0.15, -0.1) is 0 Å². The van der Waals surface area contributed by atoms with Crippen LogP contribution in [0.25, 0.3) is 0 Å². The molecule has 0 aromatic carbocycles. The molecule has 1 rings (SSSR count). The summed E-state index contributed by atoms with van der Waals surface area (Å²) in [6.07, 6.45) is 0. The molecule has 1 fully saturated rings. The number of rotatable bonds is 3. The summed E-state index contributed by atoms with van der Waals surface area (Å²) in [7, 11) is 0. The molecule has 13 heavy (non-hydrogen) atoms. The first-order valence-corrected chi connectivity index (χ1v) is 3.92. The summed E-state index contributed by atoms with van der Waals surface area (Å²) in [6.45, 7) is 0.715. The van der Waals surface area contributed by atoms with Gasteiger partial charge < -0.3 is 15.2 Å². The zero-order valence-corrected chi connectivity index (χ0v) is 7.14. The van der Waals surface area contributed by atoms with Crippen molar-refractivity contribution in [1.29, 1.82) is 0 Å². The topological polar surface area (TPSA) is 58.6 Å². The fourth-order valence-electron chi connectivity index (χ4n) is 0.996. The zero-order chi connectivity index (χ0) is 10.1. The molecule has 6 heteroatoms. The Morgan fingerprint density at radius 2 is 2.23 bits per heavy atom. The van der Waals surface area contributed by atoms with Gasteiger partial charge in [-0.05, 0) is 6.92 Å². The zero-order valence-electron chi connectivity index (χ0n) is 7.14. The number of hydrogen-bond acceptors (Lipinski definition) is 4. The Balaban J connectivity index is 2.68. The van der Waals surface area contributed by atoms with Gasteiger partial charge in [0.05, 0.1) is 6.61 Å². The Labute approximate surface area is 73.9 Å². The molecule has 0 radical (unpaired) electrons. The summed E-state index contributed by atoms with van der Waals surface area (Å²) in [5.74, 6) is -5.49. The molecule has 0 atom stereocenters. The van der Waals surface area contributed by atoms with Crippen LogP contribution in [0.5, 0.6) is 0 Å². The van der Waals surface area contributed by atoms with Crippen LogP contribution < -0.4 is 5.32 Å². The highest BCUT2D eigenvalue weighted by atomic mass is 19.3. The minimum absolute atomic E-state index is 0.127. The standard InChI is InChI=1S/C7H11F2NO3/c1-2-13-5(11)7(8,9)6(12)3-10-4-6/h10,12H,2-4H2,1H3. The minimum atomic E-state index is -3.83. The monoisotopic (exact) mass is 195 g/mol. The van der Waals surface area contributed by atoms with Gasteiger partial charge in [0.15, 0.2) is 5.60 Å². The quantitative estimate of drug-likeness (QED) is 0.597. The van der Waals surface area contributed by atoms with Crippen molar-refractivity contribution in [3.63, 3.8) is 0 Å². The molecule has 0 aromatic heterocycles. The molecule has 1 aliphatic heterocycles. The molecule has 1 saturated heterocycles. The molecule has 0 bridgehead atoms. The molecule has 0 amide bonds. The second-order valence-corrected chi connectivity index (χ2v) is 2.93. The number of esters is 1. The van der Waals surface area contributed by atoms with Gasteiger partial charge in [-0.1, -0.05) is 0 Å². The van der Waals surface area contributed by atoms with Gasteiger partial charge in [-0.3, -0.25) is 0 Å². The number of alkyl halides is 2. The number of carbonyl (C=O) groups excluding carboxylic acids is 1. The van der Waals surface area contributed by atoms with Crippen molar-refractivity contribution in [2.75, 3.05) is 19.7 Å². The normalized spacial score (nSPS) is 20.6. The van der Waals surface area contributed by atoms with Crippen LogP contribution in [-0.2, 0) is 9.53 Å². The molecular formula is C7H11F2NO3. The van der Waals surface area contributed by atoms with Crippen LogP contribution in [0, 0.1) is 0 Å². The molecule has 0 spiro atoms. The van der Waals surface area contributed by atoms with Crippen LogP contribution in [0.4, 0.5) is 8.78 Å². The first-order valence-electron chi connectivity index (χ1n) is 3.92. The van der Waals surface area contributed by atoms with E-state index in [4.69, 9.17) is 0 Å². The average Bonchev–Trinajstić information content (AvgIpc) is 2.00. The van der Waals surface area contributed by atoms with Crippen LogP contribution in [0.15, 0.2) is 0 Å². The van der Waals surface area contributed by atoms with E-state index in [1.54, 1.807) is 0 Å². The van der Waals surface area contributed by atoms with E-state index in [1.807, 2.05) is 0 Å². The Morgan fingerprint density at radius 1 is 1.69 bits per heavy atom. The molecule has 4 nitrogen and oxygen atoms in total. The second-order valence-electron chi connectivity index (χ2n) is 2.93. The summed E-state index contributed by atoms with van der Waals surface area (Å²) < 4.78 is 30.3. The van der Waals surface area contributed by atoms with Crippen molar-refractivity contribution in [2.45, 2.75) is 18.4 Å². The van der Waals surface area contributed by atoms with E-state index in [1.165, 1.54) is 6.92 Å². The molecule has 0 saturated carbocycles. The van der Waals surface area contributed by atoms with Gasteiger partial charge in [-0.25, -0.2) is 4.79 Å². The number of nitrogens with one attached hydrogen (secondary N) is 1. The third-order valence-corrected chi connectivity index (χ3v) is 1.95. The van der Waals surface area contributed by atoms with E-state index in [0.717, 1.165) is 0 Å². The molecular weight excluding hydrogens is 184 g/mol. The predicted molar refractivity (Wildman–Crippen MR) is 39.4 cm³/mol. The van der Waals surface area contributed by atoms with E-state index in [-0.39, 0.29) is 19.7 Å². The summed E-state index contributed by atoms with van der Waals surface area (Å²) in [4.78, 5) is 10.7. The molecule has 1 heterocycles. The van der Waals surface area contributed by atoms with Gasteiger partial charge in [0.25, 0.3) is 0 Å². The number of carbonyl (C=O) groups is 1. The van der Waals surface area contributed by atoms with Gasteiger partial charge in [0, 0.05) is 13.1 Å². The number of halogens is 2. The van der Waals surface area contributed by atoms with Gasteiger partial charge in [0.2, 0.25) is 0 Å². The van der Waals surface area contributed by atoms with Crippen molar-refractivity contribution in [3.8, 4) is 0 Å². The number of aliphatic hydroxyl groups is 1. The molecule has 0 aromatic rings. The van der Waals surface area contributed by atoms with Crippen LogP contribution in [0.1, 0.15) is 6.92 Å². The number of ether oxygens (including phenoxy) is 1. The highest BCUT2D eigenvalue weighted by Crippen LogP contribution is 2.33. The largest absolute Gasteiger partial charge is 0.461 e. The summed E-state index contributed by atoms with van der Waals surface area (Å²) in [5, 5.41) is 11.7. The van der Waals surface area contributed by atoms with E-state index >= 15 is 0 Å². The maximum Gasteiger partial charge on any atom is 0.380 e. The maximum absolute atomic E-state index is 13.1. The highest BCUT2D eigenvalue weighted by molar-refractivity contribution is 5.79. The Hall–Kier alpha value is -0.750. The van der Waals surface area contributed by atoms with Gasteiger partial charge in [0.1, 0.15) is 0 Å². The van der Waals surface area contributed by atoms with Crippen LogP contribution in [-0.4, -0.2) is 42.3 Å². The number of hydrogen-bond donors (Lipinski definition) is 2. The lowest BCUT2D eigenvalue weighted by Crippen LogP contribution is -2.71. The van der Waals surface area contributed by atoms with Crippen molar-refractivity contribution < 1.29 is 23.4 Å². The molecule has 0 unspecified atom stereocenters. The van der Waals surface area contributed by atoms with Crippen LogP contribution in [0.3, 0.4) is 0 Å². The summed E-state index contributed by atoms with van der Waals surface area (Å²) in [6, 6.07) is 0. The second kappa shape index (κ2) is 3.19.